The fraction of sp³-hybridized carbons (Fsp3) is 0.562. The molecule has 104 valence electrons. The SMILES string of the molecule is CC(C)Cc1nc2ccc(C(CN)C(C)C)cc2[nH]1. The van der Waals surface area contributed by atoms with Gasteiger partial charge in [-0.3, -0.25) is 0 Å². The minimum absolute atomic E-state index is 0.418. The summed E-state index contributed by atoms with van der Waals surface area (Å²) in [5.74, 6) is 2.67. The molecule has 0 aliphatic rings. The maximum atomic E-state index is 5.90. The van der Waals surface area contributed by atoms with E-state index in [0.717, 1.165) is 23.3 Å². The first-order valence-electron chi connectivity index (χ1n) is 7.19. The van der Waals surface area contributed by atoms with Crippen LogP contribution in [-0.4, -0.2) is 16.5 Å². The van der Waals surface area contributed by atoms with E-state index in [1.54, 1.807) is 0 Å². The Kier molecular flexibility index (Phi) is 4.25. The van der Waals surface area contributed by atoms with Gasteiger partial charge in [0.15, 0.2) is 0 Å². The molecule has 2 aromatic rings. The molecule has 0 spiro atoms. The summed E-state index contributed by atoms with van der Waals surface area (Å²) in [6, 6.07) is 6.49. The number of aromatic amines is 1. The lowest BCUT2D eigenvalue weighted by molar-refractivity contribution is 0.507. The maximum Gasteiger partial charge on any atom is 0.107 e. The number of benzene rings is 1. The third-order valence-electron chi connectivity index (χ3n) is 3.64. The van der Waals surface area contributed by atoms with Crippen molar-refractivity contribution in [1.82, 2.24) is 9.97 Å². The highest BCUT2D eigenvalue weighted by molar-refractivity contribution is 5.76. The summed E-state index contributed by atoms with van der Waals surface area (Å²) in [5, 5.41) is 0. The van der Waals surface area contributed by atoms with E-state index in [4.69, 9.17) is 5.73 Å². The van der Waals surface area contributed by atoms with Gasteiger partial charge >= 0.3 is 0 Å². The smallest absolute Gasteiger partial charge is 0.107 e. The van der Waals surface area contributed by atoms with E-state index in [2.05, 4.69) is 55.9 Å². The van der Waals surface area contributed by atoms with Crippen molar-refractivity contribution in [3.05, 3.63) is 29.6 Å². The van der Waals surface area contributed by atoms with E-state index in [0.29, 0.717) is 24.3 Å². The number of nitrogens with one attached hydrogen (secondary N) is 1. The second-order valence-corrected chi connectivity index (χ2v) is 6.14. The van der Waals surface area contributed by atoms with Gasteiger partial charge in [-0.05, 0) is 42.0 Å². The van der Waals surface area contributed by atoms with Crippen LogP contribution in [0.3, 0.4) is 0 Å². The van der Waals surface area contributed by atoms with Crippen LogP contribution in [0, 0.1) is 11.8 Å². The predicted molar refractivity (Wildman–Crippen MR) is 81.3 cm³/mol. The van der Waals surface area contributed by atoms with Crippen LogP contribution < -0.4 is 5.73 Å². The van der Waals surface area contributed by atoms with Gasteiger partial charge in [-0.1, -0.05) is 33.8 Å². The number of hydrogen-bond donors (Lipinski definition) is 2. The molecule has 1 aromatic carbocycles. The zero-order valence-electron chi connectivity index (χ0n) is 12.4. The third-order valence-corrected chi connectivity index (χ3v) is 3.64. The standard InChI is InChI=1S/C16H25N3/c1-10(2)7-16-18-14-6-5-12(8-15(14)19-16)13(9-17)11(3)4/h5-6,8,10-11,13H,7,9,17H2,1-4H3,(H,18,19). The minimum atomic E-state index is 0.418. The Hall–Kier alpha value is -1.35. The van der Waals surface area contributed by atoms with E-state index in [1.165, 1.54) is 5.56 Å². The summed E-state index contributed by atoms with van der Waals surface area (Å²) < 4.78 is 0. The largest absolute Gasteiger partial charge is 0.342 e. The summed E-state index contributed by atoms with van der Waals surface area (Å²) >= 11 is 0. The van der Waals surface area contributed by atoms with E-state index in [-0.39, 0.29) is 0 Å². The second-order valence-electron chi connectivity index (χ2n) is 6.14. The molecular formula is C16H25N3. The highest BCUT2D eigenvalue weighted by Crippen LogP contribution is 2.26. The molecule has 1 heterocycles. The van der Waals surface area contributed by atoms with Crippen LogP contribution in [0.1, 0.15) is 45.0 Å². The van der Waals surface area contributed by atoms with Crippen LogP contribution in [0.5, 0.6) is 0 Å². The molecule has 0 saturated heterocycles. The number of hydrogen-bond acceptors (Lipinski definition) is 2. The maximum absolute atomic E-state index is 5.90. The van der Waals surface area contributed by atoms with E-state index in [1.807, 2.05) is 0 Å². The fourth-order valence-electron chi connectivity index (χ4n) is 2.59. The molecule has 19 heavy (non-hydrogen) atoms. The molecule has 0 amide bonds. The van der Waals surface area contributed by atoms with Crippen molar-refractivity contribution in [2.45, 2.75) is 40.0 Å². The Bertz CT molecular complexity index is 540. The predicted octanol–water partition coefficient (Wildman–Crippen LogP) is 3.46. The van der Waals surface area contributed by atoms with Crippen molar-refractivity contribution >= 4 is 11.0 Å². The van der Waals surface area contributed by atoms with Crippen LogP contribution in [-0.2, 0) is 6.42 Å². The summed E-state index contributed by atoms with van der Waals surface area (Å²) in [7, 11) is 0. The summed E-state index contributed by atoms with van der Waals surface area (Å²) in [6.45, 7) is 9.55. The van der Waals surface area contributed by atoms with Gasteiger partial charge in [0, 0.05) is 6.42 Å². The topological polar surface area (TPSA) is 54.7 Å². The van der Waals surface area contributed by atoms with Gasteiger partial charge in [0.05, 0.1) is 11.0 Å². The number of imidazole rings is 1. The molecular weight excluding hydrogens is 234 g/mol. The van der Waals surface area contributed by atoms with Crippen molar-refractivity contribution in [2.75, 3.05) is 6.54 Å². The molecule has 2 rings (SSSR count). The van der Waals surface area contributed by atoms with E-state index >= 15 is 0 Å². The van der Waals surface area contributed by atoms with Gasteiger partial charge in [0.2, 0.25) is 0 Å². The number of fused-ring (bicyclic) bond motifs is 1. The molecule has 1 aromatic heterocycles. The Labute approximate surface area is 115 Å². The highest BCUT2D eigenvalue weighted by atomic mass is 14.9. The van der Waals surface area contributed by atoms with Crippen molar-refractivity contribution in [1.29, 1.82) is 0 Å². The van der Waals surface area contributed by atoms with E-state index < -0.39 is 0 Å². The number of rotatable bonds is 5. The second kappa shape index (κ2) is 5.74. The molecule has 3 nitrogen and oxygen atoms in total. The van der Waals surface area contributed by atoms with Gasteiger partial charge in [0.1, 0.15) is 5.82 Å². The monoisotopic (exact) mass is 259 g/mol. The number of H-pyrrole nitrogens is 1. The quantitative estimate of drug-likeness (QED) is 0.864. The first-order chi connectivity index (χ1) is 9.01. The number of nitrogens with zero attached hydrogens (tertiary/aromatic N) is 1. The zero-order valence-corrected chi connectivity index (χ0v) is 12.4. The molecule has 1 atom stereocenters. The molecule has 3 heteroatoms. The van der Waals surface area contributed by atoms with Gasteiger partial charge in [-0.15, -0.1) is 0 Å². The van der Waals surface area contributed by atoms with Crippen molar-refractivity contribution < 1.29 is 0 Å². The minimum Gasteiger partial charge on any atom is -0.342 e. The average Bonchev–Trinajstić information content (AvgIpc) is 2.69. The van der Waals surface area contributed by atoms with E-state index in [9.17, 15) is 0 Å². The third kappa shape index (κ3) is 3.16. The Morgan fingerprint density at radius 3 is 2.53 bits per heavy atom. The van der Waals surface area contributed by atoms with Crippen LogP contribution in [0.4, 0.5) is 0 Å². The summed E-state index contributed by atoms with van der Waals surface area (Å²) in [6.07, 6.45) is 0.995. The van der Waals surface area contributed by atoms with Crippen LogP contribution >= 0.6 is 0 Å². The lowest BCUT2D eigenvalue weighted by Gasteiger charge is -2.19. The molecule has 1 unspecified atom stereocenters. The Balaban J connectivity index is 2.34. The fourth-order valence-corrected chi connectivity index (χ4v) is 2.59. The molecule has 0 bridgehead atoms. The first-order valence-corrected chi connectivity index (χ1v) is 7.19. The summed E-state index contributed by atoms with van der Waals surface area (Å²) in [4.78, 5) is 8.07. The van der Waals surface area contributed by atoms with Crippen LogP contribution in [0.15, 0.2) is 18.2 Å². The van der Waals surface area contributed by atoms with Gasteiger partial charge in [-0.2, -0.15) is 0 Å². The molecule has 0 aliphatic heterocycles. The normalized spacial score (nSPS) is 13.6. The average molecular weight is 259 g/mol. The highest BCUT2D eigenvalue weighted by Gasteiger charge is 2.15. The van der Waals surface area contributed by atoms with Crippen LogP contribution in [0.2, 0.25) is 0 Å². The molecule has 0 fully saturated rings. The van der Waals surface area contributed by atoms with Crippen molar-refractivity contribution in [3.8, 4) is 0 Å². The van der Waals surface area contributed by atoms with Crippen molar-refractivity contribution in [2.24, 2.45) is 17.6 Å². The molecule has 0 radical (unpaired) electrons. The first kappa shape index (κ1) is 14.1. The zero-order chi connectivity index (χ0) is 14.0. The lowest BCUT2D eigenvalue weighted by atomic mass is 9.88. The van der Waals surface area contributed by atoms with Crippen LogP contribution in [0.25, 0.3) is 11.0 Å². The van der Waals surface area contributed by atoms with Gasteiger partial charge in [0.25, 0.3) is 0 Å². The number of aromatic nitrogens is 2. The summed E-state index contributed by atoms with van der Waals surface area (Å²) in [5.41, 5.74) is 9.39. The van der Waals surface area contributed by atoms with Crippen molar-refractivity contribution in [3.63, 3.8) is 0 Å². The molecule has 3 N–H and O–H groups in total. The van der Waals surface area contributed by atoms with Gasteiger partial charge < -0.3 is 10.7 Å². The Morgan fingerprint density at radius 1 is 1.21 bits per heavy atom. The number of nitrogens with two attached hydrogens (primary N) is 1. The molecule has 0 aliphatic carbocycles. The molecule has 0 saturated carbocycles. The van der Waals surface area contributed by atoms with Gasteiger partial charge in [-0.25, -0.2) is 4.98 Å². The lowest BCUT2D eigenvalue weighted by Crippen LogP contribution is -2.17. The Morgan fingerprint density at radius 2 is 1.95 bits per heavy atom.